The highest BCUT2D eigenvalue weighted by atomic mass is 32.1. The summed E-state index contributed by atoms with van der Waals surface area (Å²) in [5.41, 5.74) is -1.24. The van der Waals surface area contributed by atoms with E-state index in [2.05, 4.69) is 5.32 Å². The predicted octanol–water partition coefficient (Wildman–Crippen LogP) is 2.28. The van der Waals surface area contributed by atoms with Crippen LogP contribution in [0.5, 0.6) is 0 Å². The molecule has 0 saturated heterocycles. The molecule has 1 fully saturated rings. The number of rotatable bonds is 3. The van der Waals surface area contributed by atoms with Crippen LogP contribution < -0.4 is 5.32 Å². The molecule has 0 spiro atoms. The quantitative estimate of drug-likeness (QED) is 0.826. The Bertz CT molecular complexity index is 333. The van der Waals surface area contributed by atoms with Crippen molar-refractivity contribution in [1.29, 1.82) is 0 Å². The molecular weight excluding hydrogens is 208 g/mol. The fraction of sp³-hybridized carbons (Fsp3) is 0.444. The molecule has 0 aromatic carbocycles. The van der Waals surface area contributed by atoms with Crippen molar-refractivity contribution in [2.45, 2.75) is 24.8 Å². The van der Waals surface area contributed by atoms with Gasteiger partial charge in [-0.25, -0.2) is 8.78 Å². The van der Waals surface area contributed by atoms with E-state index in [1.807, 2.05) is 0 Å². The highest BCUT2D eigenvalue weighted by molar-refractivity contribution is 7.12. The van der Waals surface area contributed by atoms with Crippen LogP contribution in [0.3, 0.4) is 0 Å². The summed E-state index contributed by atoms with van der Waals surface area (Å²) in [6.07, 6.45) is -1.71. The van der Waals surface area contributed by atoms with Gasteiger partial charge in [-0.3, -0.25) is 4.79 Å². The van der Waals surface area contributed by atoms with Gasteiger partial charge >= 0.3 is 0 Å². The van der Waals surface area contributed by atoms with E-state index in [9.17, 15) is 13.6 Å². The third kappa shape index (κ3) is 1.64. The van der Waals surface area contributed by atoms with Gasteiger partial charge in [0.05, 0.1) is 4.88 Å². The maximum Gasteiger partial charge on any atom is 0.261 e. The van der Waals surface area contributed by atoms with Gasteiger partial charge in [0, 0.05) is 0 Å². The molecule has 1 aliphatic carbocycles. The summed E-state index contributed by atoms with van der Waals surface area (Å²) in [5, 5.41) is 4.14. The summed E-state index contributed by atoms with van der Waals surface area (Å²) in [7, 11) is 0. The van der Waals surface area contributed by atoms with E-state index >= 15 is 0 Å². The lowest BCUT2D eigenvalue weighted by molar-refractivity contribution is 0.0682. The van der Waals surface area contributed by atoms with Crippen LogP contribution in [0.25, 0.3) is 0 Å². The minimum atomic E-state index is -2.47. The Balaban J connectivity index is 2.02. The van der Waals surface area contributed by atoms with Crippen molar-refractivity contribution in [2.75, 3.05) is 0 Å². The molecule has 1 saturated carbocycles. The minimum absolute atomic E-state index is 0.377. The highest BCUT2D eigenvalue weighted by Crippen LogP contribution is 2.41. The summed E-state index contributed by atoms with van der Waals surface area (Å²) in [6.45, 7) is 0. The maximum atomic E-state index is 12.5. The Kier molecular flexibility index (Phi) is 2.26. The molecule has 1 heterocycles. The van der Waals surface area contributed by atoms with Gasteiger partial charge in [-0.05, 0) is 24.3 Å². The topological polar surface area (TPSA) is 29.1 Å². The molecule has 0 aliphatic heterocycles. The number of thiophene rings is 1. The van der Waals surface area contributed by atoms with Crippen molar-refractivity contribution in [3.8, 4) is 0 Å². The SMILES string of the molecule is O=C(NC1(C(F)F)CC1)c1cccs1. The molecule has 1 amide bonds. The molecule has 0 radical (unpaired) electrons. The second-order valence-electron chi connectivity index (χ2n) is 3.39. The molecule has 1 aromatic rings. The van der Waals surface area contributed by atoms with Crippen LogP contribution in [0.1, 0.15) is 22.5 Å². The number of amides is 1. The Labute approximate surface area is 83.9 Å². The standard InChI is InChI=1S/C9H9F2NOS/c10-8(11)9(3-4-9)12-7(13)6-2-1-5-14-6/h1-2,5,8H,3-4H2,(H,12,13). The van der Waals surface area contributed by atoms with E-state index in [-0.39, 0.29) is 0 Å². The zero-order chi connectivity index (χ0) is 10.2. The first kappa shape index (κ1) is 9.58. The molecule has 0 atom stereocenters. The maximum absolute atomic E-state index is 12.5. The summed E-state index contributed by atoms with van der Waals surface area (Å²) in [4.78, 5) is 11.9. The largest absolute Gasteiger partial charge is 0.340 e. The molecule has 0 bridgehead atoms. The molecular formula is C9H9F2NOS. The van der Waals surface area contributed by atoms with E-state index in [1.165, 1.54) is 11.3 Å². The lowest BCUT2D eigenvalue weighted by atomic mass is 10.2. The van der Waals surface area contributed by atoms with Gasteiger partial charge in [-0.15, -0.1) is 11.3 Å². The third-order valence-corrected chi connectivity index (χ3v) is 3.18. The van der Waals surface area contributed by atoms with Crippen molar-refractivity contribution >= 4 is 17.2 Å². The number of carbonyl (C=O) groups is 1. The normalized spacial score (nSPS) is 18.2. The first-order chi connectivity index (χ1) is 6.64. The molecule has 1 aliphatic rings. The predicted molar refractivity (Wildman–Crippen MR) is 49.8 cm³/mol. The Morgan fingerprint density at radius 3 is 2.71 bits per heavy atom. The van der Waals surface area contributed by atoms with E-state index in [4.69, 9.17) is 0 Å². The van der Waals surface area contributed by atoms with Gasteiger partial charge in [-0.1, -0.05) is 6.07 Å². The minimum Gasteiger partial charge on any atom is -0.340 e. The van der Waals surface area contributed by atoms with Crippen LogP contribution in [0.15, 0.2) is 17.5 Å². The summed E-state index contributed by atoms with van der Waals surface area (Å²) in [6, 6.07) is 3.35. The van der Waals surface area contributed by atoms with Crippen LogP contribution in [0.4, 0.5) is 8.78 Å². The number of carbonyl (C=O) groups excluding carboxylic acids is 1. The number of hydrogen-bond donors (Lipinski definition) is 1. The lowest BCUT2D eigenvalue weighted by Gasteiger charge is -2.15. The fourth-order valence-electron chi connectivity index (χ4n) is 1.23. The molecule has 0 unspecified atom stereocenters. The molecule has 76 valence electrons. The van der Waals surface area contributed by atoms with E-state index in [1.54, 1.807) is 17.5 Å². The van der Waals surface area contributed by atoms with E-state index in [0.29, 0.717) is 17.7 Å². The Morgan fingerprint density at radius 2 is 2.29 bits per heavy atom. The van der Waals surface area contributed by atoms with Crippen LogP contribution in [-0.2, 0) is 0 Å². The zero-order valence-electron chi connectivity index (χ0n) is 7.30. The van der Waals surface area contributed by atoms with Crippen LogP contribution in [-0.4, -0.2) is 17.9 Å². The average molecular weight is 217 g/mol. The van der Waals surface area contributed by atoms with Gasteiger partial charge in [0.2, 0.25) is 0 Å². The van der Waals surface area contributed by atoms with Gasteiger partial charge in [-0.2, -0.15) is 0 Å². The van der Waals surface area contributed by atoms with Crippen LogP contribution in [0, 0.1) is 0 Å². The van der Waals surface area contributed by atoms with Crippen molar-refractivity contribution < 1.29 is 13.6 Å². The molecule has 5 heteroatoms. The first-order valence-corrected chi connectivity index (χ1v) is 5.16. The van der Waals surface area contributed by atoms with Crippen molar-refractivity contribution in [2.24, 2.45) is 0 Å². The number of hydrogen-bond acceptors (Lipinski definition) is 2. The van der Waals surface area contributed by atoms with E-state index in [0.717, 1.165) is 0 Å². The summed E-state index contributed by atoms with van der Waals surface area (Å²) >= 11 is 1.25. The monoisotopic (exact) mass is 217 g/mol. The number of nitrogens with one attached hydrogen (secondary N) is 1. The Hall–Kier alpha value is -0.970. The lowest BCUT2D eigenvalue weighted by Crippen LogP contribution is -2.41. The van der Waals surface area contributed by atoms with Gasteiger partial charge in [0.1, 0.15) is 5.54 Å². The second-order valence-corrected chi connectivity index (χ2v) is 4.34. The van der Waals surface area contributed by atoms with E-state index < -0.39 is 17.9 Å². The number of alkyl halides is 2. The van der Waals surface area contributed by atoms with Crippen molar-refractivity contribution in [1.82, 2.24) is 5.32 Å². The zero-order valence-corrected chi connectivity index (χ0v) is 8.11. The molecule has 14 heavy (non-hydrogen) atoms. The van der Waals surface area contributed by atoms with Crippen molar-refractivity contribution in [3.63, 3.8) is 0 Å². The van der Waals surface area contributed by atoms with Gasteiger partial charge in [0.15, 0.2) is 0 Å². The molecule has 1 N–H and O–H groups in total. The van der Waals surface area contributed by atoms with Crippen LogP contribution >= 0.6 is 11.3 Å². The second kappa shape index (κ2) is 3.31. The van der Waals surface area contributed by atoms with Crippen LogP contribution in [0.2, 0.25) is 0 Å². The number of halogens is 2. The van der Waals surface area contributed by atoms with Gasteiger partial charge in [0.25, 0.3) is 12.3 Å². The van der Waals surface area contributed by atoms with Crippen molar-refractivity contribution in [3.05, 3.63) is 22.4 Å². The Morgan fingerprint density at radius 1 is 1.57 bits per heavy atom. The first-order valence-electron chi connectivity index (χ1n) is 4.28. The molecule has 1 aromatic heterocycles. The highest BCUT2D eigenvalue weighted by Gasteiger charge is 2.52. The van der Waals surface area contributed by atoms with Gasteiger partial charge < -0.3 is 5.32 Å². The average Bonchev–Trinajstić information content (AvgIpc) is 2.74. The molecule has 2 nitrogen and oxygen atoms in total. The molecule has 2 rings (SSSR count). The third-order valence-electron chi connectivity index (χ3n) is 2.31. The summed E-state index contributed by atoms with van der Waals surface area (Å²) < 4.78 is 24.9. The summed E-state index contributed by atoms with van der Waals surface area (Å²) in [5.74, 6) is -0.391. The fourth-order valence-corrected chi connectivity index (χ4v) is 1.85. The smallest absolute Gasteiger partial charge is 0.261 e.